The number of nitrogens with zero attached hydrogens (tertiary/aromatic N) is 1. The van der Waals surface area contributed by atoms with Gasteiger partial charge in [0.25, 0.3) is 5.69 Å². The summed E-state index contributed by atoms with van der Waals surface area (Å²) >= 11 is 0. The highest BCUT2D eigenvalue weighted by atomic mass is 16.6. The topological polar surface area (TPSA) is 60.2 Å². The molecule has 0 amide bonds. The molecule has 0 radical (unpaired) electrons. The first kappa shape index (κ1) is 12.4. The van der Waals surface area contributed by atoms with E-state index in [1.165, 1.54) is 12.1 Å². The molecule has 0 saturated heterocycles. The average molecular weight is 221 g/mol. The molecule has 0 atom stereocenters. The lowest BCUT2D eigenvalue weighted by Crippen LogP contribution is -2.03. The number of nitro benzene ring substituents is 1. The van der Waals surface area contributed by atoms with Gasteiger partial charge in [-0.05, 0) is 24.5 Å². The van der Waals surface area contributed by atoms with Gasteiger partial charge in [0.05, 0.1) is 4.92 Å². The van der Waals surface area contributed by atoms with E-state index in [1.807, 2.05) is 13.8 Å². The van der Waals surface area contributed by atoms with E-state index in [-0.39, 0.29) is 11.5 Å². The fraction of sp³-hybridized carbons (Fsp3) is 0.417. The van der Waals surface area contributed by atoms with Crippen molar-refractivity contribution in [2.24, 2.45) is 0 Å². The van der Waals surface area contributed by atoms with Gasteiger partial charge in [0.1, 0.15) is 0 Å². The SMILES string of the molecule is CCCC(=O)c1ccc([N+](=O)[O-])cc1CC. The number of hydrogen-bond acceptors (Lipinski definition) is 3. The van der Waals surface area contributed by atoms with Crippen molar-refractivity contribution in [1.29, 1.82) is 0 Å². The van der Waals surface area contributed by atoms with Gasteiger partial charge in [0, 0.05) is 24.1 Å². The lowest BCUT2D eigenvalue weighted by atomic mass is 9.98. The number of aryl methyl sites for hydroxylation is 1. The summed E-state index contributed by atoms with van der Waals surface area (Å²) in [5.41, 5.74) is 1.42. The Labute approximate surface area is 94.4 Å². The summed E-state index contributed by atoms with van der Waals surface area (Å²) in [6.07, 6.45) is 1.91. The molecule has 0 fully saturated rings. The molecule has 0 aliphatic carbocycles. The second-order valence-electron chi connectivity index (χ2n) is 3.63. The number of hydrogen-bond donors (Lipinski definition) is 0. The Morgan fingerprint density at radius 3 is 2.56 bits per heavy atom. The minimum absolute atomic E-state index is 0.0462. The number of carbonyl (C=O) groups excluding carboxylic acids is 1. The molecule has 0 saturated carbocycles. The molecule has 86 valence electrons. The molecule has 0 bridgehead atoms. The van der Waals surface area contributed by atoms with Crippen LogP contribution in [-0.4, -0.2) is 10.7 Å². The zero-order chi connectivity index (χ0) is 12.1. The normalized spacial score (nSPS) is 10.1. The molecule has 1 aromatic rings. The lowest BCUT2D eigenvalue weighted by Gasteiger charge is -2.05. The molecule has 16 heavy (non-hydrogen) atoms. The van der Waals surface area contributed by atoms with E-state index >= 15 is 0 Å². The van der Waals surface area contributed by atoms with Crippen molar-refractivity contribution in [3.8, 4) is 0 Å². The third-order valence-electron chi connectivity index (χ3n) is 2.46. The molecule has 0 aromatic heterocycles. The van der Waals surface area contributed by atoms with E-state index in [4.69, 9.17) is 0 Å². The van der Waals surface area contributed by atoms with Crippen LogP contribution in [0.1, 0.15) is 42.6 Å². The Hall–Kier alpha value is -1.71. The number of carbonyl (C=O) groups is 1. The smallest absolute Gasteiger partial charge is 0.269 e. The summed E-state index contributed by atoms with van der Waals surface area (Å²) in [4.78, 5) is 21.9. The van der Waals surface area contributed by atoms with Crippen LogP contribution in [-0.2, 0) is 6.42 Å². The first-order valence-corrected chi connectivity index (χ1v) is 5.40. The number of rotatable bonds is 5. The summed E-state index contributed by atoms with van der Waals surface area (Å²) in [5, 5.41) is 10.6. The van der Waals surface area contributed by atoms with E-state index in [1.54, 1.807) is 6.07 Å². The lowest BCUT2D eigenvalue weighted by molar-refractivity contribution is -0.384. The van der Waals surface area contributed by atoms with Crippen molar-refractivity contribution in [3.63, 3.8) is 0 Å². The maximum absolute atomic E-state index is 11.7. The van der Waals surface area contributed by atoms with Crippen LogP contribution in [0.15, 0.2) is 18.2 Å². The molecule has 1 aromatic carbocycles. The van der Waals surface area contributed by atoms with Gasteiger partial charge in [-0.25, -0.2) is 0 Å². The van der Waals surface area contributed by atoms with Crippen molar-refractivity contribution in [2.75, 3.05) is 0 Å². The van der Waals surface area contributed by atoms with E-state index < -0.39 is 4.92 Å². The fourth-order valence-corrected chi connectivity index (χ4v) is 1.62. The van der Waals surface area contributed by atoms with E-state index in [0.29, 0.717) is 18.4 Å². The predicted molar refractivity (Wildman–Crippen MR) is 61.7 cm³/mol. The zero-order valence-electron chi connectivity index (χ0n) is 9.53. The molecule has 0 spiro atoms. The van der Waals surface area contributed by atoms with Crippen LogP contribution in [0.2, 0.25) is 0 Å². The number of ketones is 1. The highest BCUT2D eigenvalue weighted by Gasteiger charge is 2.13. The third kappa shape index (κ3) is 2.66. The molecule has 0 aliphatic rings. The molecule has 0 aliphatic heterocycles. The van der Waals surface area contributed by atoms with Crippen LogP contribution in [0.3, 0.4) is 0 Å². The van der Waals surface area contributed by atoms with Crippen molar-refractivity contribution >= 4 is 11.5 Å². The summed E-state index contributed by atoms with van der Waals surface area (Å²) in [6.45, 7) is 3.83. The highest BCUT2D eigenvalue weighted by Crippen LogP contribution is 2.20. The van der Waals surface area contributed by atoms with Gasteiger partial charge in [-0.15, -0.1) is 0 Å². The summed E-state index contributed by atoms with van der Waals surface area (Å²) in [5.74, 6) is 0.0641. The maximum atomic E-state index is 11.7. The van der Waals surface area contributed by atoms with Crippen LogP contribution in [0, 0.1) is 10.1 Å². The molecule has 4 heteroatoms. The van der Waals surface area contributed by atoms with Gasteiger partial charge < -0.3 is 0 Å². The van der Waals surface area contributed by atoms with Crippen molar-refractivity contribution in [2.45, 2.75) is 33.1 Å². The van der Waals surface area contributed by atoms with Crippen LogP contribution in [0.25, 0.3) is 0 Å². The molecule has 0 heterocycles. The molecular formula is C12H15NO3. The number of Topliss-reactive ketones (excluding diaryl/α,β-unsaturated/α-hetero) is 1. The maximum Gasteiger partial charge on any atom is 0.269 e. The van der Waals surface area contributed by atoms with Gasteiger partial charge >= 0.3 is 0 Å². The number of nitro groups is 1. The third-order valence-corrected chi connectivity index (χ3v) is 2.46. The van der Waals surface area contributed by atoms with Crippen LogP contribution < -0.4 is 0 Å². The van der Waals surface area contributed by atoms with Crippen LogP contribution in [0.4, 0.5) is 5.69 Å². The molecule has 4 nitrogen and oxygen atoms in total. The van der Waals surface area contributed by atoms with Gasteiger partial charge in [0.15, 0.2) is 5.78 Å². The average Bonchev–Trinajstić information content (AvgIpc) is 2.28. The van der Waals surface area contributed by atoms with Gasteiger partial charge in [-0.1, -0.05) is 13.8 Å². The Morgan fingerprint density at radius 2 is 2.06 bits per heavy atom. The fourth-order valence-electron chi connectivity index (χ4n) is 1.62. The predicted octanol–water partition coefficient (Wildman–Crippen LogP) is 3.14. The van der Waals surface area contributed by atoms with Crippen LogP contribution >= 0.6 is 0 Å². The summed E-state index contributed by atoms with van der Waals surface area (Å²) in [6, 6.07) is 4.44. The number of benzene rings is 1. The first-order chi connectivity index (χ1) is 7.60. The Kier molecular flexibility index (Phi) is 4.17. The van der Waals surface area contributed by atoms with Gasteiger partial charge in [-0.2, -0.15) is 0 Å². The van der Waals surface area contributed by atoms with E-state index in [2.05, 4.69) is 0 Å². The second kappa shape index (κ2) is 5.39. The second-order valence-corrected chi connectivity index (χ2v) is 3.63. The minimum Gasteiger partial charge on any atom is -0.294 e. The largest absolute Gasteiger partial charge is 0.294 e. The molecule has 0 unspecified atom stereocenters. The van der Waals surface area contributed by atoms with E-state index in [9.17, 15) is 14.9 Å². The van der Waals surface area contributed by atoms with Crippen molar-refractivity contribution in [1.82, 2.24) is 0 Å². The van der Waals surface area contributed by atoms with Crippen LogP contribution in [0.5, 0.6) is 0 Å². The van der Waals surface area contributed by atoms with Gasteiger partial charge in [-0.3, -0.25) is 14.9 Å². The molecule has 1 rings (SSSR count). The summed E-state index contributed by atoms with van der Waals surface area (Å²) in [7, 11) is 0. The molecule has 0 N–H and O–H groups in total. The Morgan fingerprint density at radius 1 is 1.38 bits per heavy atom. The van der Waals surface area contributed by atoms with Gasteiger partial charge in [0.2, 0.25) is 0 Å². The Balaban J connectivity index is 3.11. The zero-order valence-corrected chi connectivity index (χ0v) is 9.53. The first-order valence-electron chi connectivity index (χ1n) is 5.40. The highest BCUT2D eigenvalue weighted by molar-refractivity contribution is 5.97. The molecular weight excluding hydrogens is 206 g/mol. The quantitative estimate of drug-likeness (QED) is 0.436. The standard InChI is InChI=1S/C12H15NO3/c1-3-5-12(14)11-7-6-10(13(15)16)8-9(11)4-2/h6-8H,3-5H2,1-2H3. The summed E-state index contributed by atoms with van der Waals surface area (Å²) < 4.78 is 0. The number of non-ortho nitro benzene ring substituents is 1. The van der Waals surface area contributed by atoms with Crippen molar-refractivity contribution in [3.05, 3.63) is 39.4 Å². The van der Waals surface area contributed by atoms with Crippen molar-refractivity contribution < 1.29 is 9.72 Å². The monoisotopic (exact) mass is 221 g/mol. The van der Waals surface area contributed by atoms with E-state index in [0.717, 1.165) is 12.0 Å². The minimum atomic E-state index is -0.437. The Bertz CT molecular complexity index is 413.